The lowest BCUT2D eigenvalue weighted by atomic mass is 10.1. The van der Waals surface area contributed by atoms with Gasteiger partial charge in [0.05, 0.1) is 10.6 Å². The van der Waals surface area contributed by atoms with Crippen LogP contribution in [0.1, 0.15) is 18.0 Å². The highest BCUT2D eigenvalue weighted by molar-refractivity contribution is 5.44. The van der Waals surface area contributed by atoms with Gasteiger partial charge >= 0.3 is 0 Å². The molecule has 3 heterocycles. The first kappa shape index (κ1) is 14.0. The molecule has 0 amide bonds. The number of rotatable bonds is 3. The molecule has 2 aromatic rings. The van der Waals surface area contributed by atoms with Gasteiger partial charge in [-0.1, -0.05) is 0 Å². The van der Waals surface area contributed by atoms with E-state index in [1.54, 1.807) is 6.07 Å². The molecular formula is C13H14N6O3. The fourth-order valence-electron chi connectivity index (χ4n) is 2.59. The summed E-state index contributed by atoms with van der Waals surface area (Å²) in [4.78, 5) is 34.3. The first-order valence-electron chi connectivity index (χ1n) is 6.75. The number of hydrogen-bond acceptors (Lipinski definition) is 7. The van der Waals surface area contributed by atoms with Crippen LogP contribution < -0.4 is 16.2 Å². The van der Waals surface area contributed by atoms with Crippen molar-refractivity contribution in [2.75, 3.05) is 23.7 Å². The second-order valence-corrected chi connectivity index (χ2v) is 5.12. The molecule has 1 unspecified atom stereocenters. The molecule has 114 valence electrons. The van der Waals surface area contributed by atoms with Gasteiger partial charge in [-0.05, 0) is 12.5 Å². The zero-order valence-corrected chi connectivity index (χ0v) is 11.6. The van der Waals surface area contributed by atoms with Gasteiger partial charge in [-0.25, -0.2) is 9.97 Å². The van der Waals surface area contributed by atoms with Gasteiger partial charge in [0.15, 0.2) is 0 Å². The Morgan fingerprint density at radius 3 is 2.91 bits per heavy atom. The lowest BCUT2D eigenvalue weighted by molar-refractivity contribution is -0.385. The minimum Gasteiger partial charge on any atom is -0.369 e. The second kappa shape index (κ2) is 5.43. The van der Waals surface area contributed by atoms with Gasteiger partial charge in [0.25, 0.3) is 11.2 Å². The normalized spacial score (nSPS) is 17.6. The largest absolute Gasteiger partial charge is 0.369 e. The minimum absolute atomic E-state index is 0.0384. The number of nitro groups is 1. The summed E-state index contributed by atoms with van der Waals surface area (Å²) in [5, 5.41) is 10.6. The maximum Gasteiger partial charge on any atom is 0.287 e. The van der Waals surface area contributed by atoms with Crippen molar-refractivity contribution < 1.29 is 4.92 Å². The van der Waals surface area contributed by atoms with Crippen molar-refractivity contribution in [3.8, 4) is 0 Å². The van der Waals surface area contributed by atoms with Crippen LogP contribution in [0.5, 0.6) is 0 Å². The van der Waals surface area contributed by atoms with E-state index in [9.17, 15) is 14.9 Å². The van der Waals surface area contributed by atoms with E-state index < -0.39 is 4.92 Å². The van der Waals surface area contributed by atoms with E-state index in [1.165, 1.54) is 18.3 Å². The predicted octanol–water partition coefficient (Wildman–Crippen LogP) is 0.649. The molecule has 22 heavy (non-hydrogen) atoms. The van der Waals surface area contributed by atoms with E-state index in [-0.39, 0.29) is 23.1 Å². The van der Waals surface area contributed by atoms with Gasteiger partial charge in [-0.2, -0.15) is 0 Å². The van der Waals surface area contributed by atoms with E-state index in [0.717, 1.165) is 13.0 Å². The third kappa shape index (κ3) is 2.73. The summed E-state index contributed by atoms with van der Waals surface area (Å²) in [5.41, 5.74) is 5.91. The van der Waals surface area contributed by atoms with Crippen LogP contribution in [-0.4, -0.2) is 33.0 Å². The van der Waals surface area contributed by atoms with E-state index in [1.807, 2.05) is 4.90 Å². The summed E-state index contributed by atoms with van der Waals surface area (Å²) in [6.07, 6.45) is 2.06. The summed E-state index contributed by atoms with van der Waals surface area (Å²) in [6.45, 7) is 1.38. The third-order valence-electron chi connectivity index (χ3n) is 3.65. The molecule has 0 bridgehead atoms. The number of aromatic amines is 1. The highest BCUT2D eigenvalue weighted by Gasteiger charge is 2.26. The number of nitrogens with one attached hydrogen (secondary N) is 1. The number of aromatic nitrogens is 3. The summed E-state index contributed by atoms with van der Waals surface area (Å²) < 4.78 is 0. The van der Waals surface area contributed by atoms with Crippen molar-refractivity contribution in [1.82, 2.24) is 15.0 Å². The minimum atomic E-state index is -0.480. The molecular weight excluding hydrogens is 288 g/mol. The van der Waals surface area contributed by atoms with Gasteiger partial charge in [0.1, 0.15) is 12.0 Å². The lowest BCUT2D eigenvalue weighted by Gasteiger charge is -2.17. The Labute approximate surface area is 125 Å². The van der Waals surface area contributed by atoms with E-state index in [0.29, 0.717) is 18.1 Å². The molecule has 1 fully saturated rings. The van der Waals surface area contributed by atoms with E-state index >= 15 is 0 Å². The highest BCUT2D eigenvalue weighted by atomic mass is 16.6. The molecule has 0 spiro atoms. The van der Waals surface area contributed by atoms with Crippen LogP contribution in [0, 0.1) is 10.1 Å². The smallest absolute Gasteiger partial charge is 0.287 e. The molecule has 3 N–H and O–H groups in total. The second-order valence-electron chi connectivity index (χ2n) is 5.12. The van der Waals surface area contributed by atoms with Gasteiger partial charge in [0, 0.05) is 31.1 Å². The predicted molar refractivity (Wildman–Crippen MR) is 79.7 cm³/mol. The first-order chi connectivity index (χ1) is 10.5. The van der Waals surface area contributed by atoms with Crippen molar-refractivity contribution in [3.05, 3.63) is 50.6 Å². The van der Waals surface area contributed by atoms with Crippen LogP contribution in [0.25, 0.3) is 0 Å². The Morgan fingerprint density at radius 2 is 2.27 bits per heavy atom. The standard InChI is InChI=1S/C13H14N6O3/c14-13-16-10(5-12(20)17-13)8-3-4-18(7-8)11-2-1-9(6-15-11)19(21)22/h1-2,5-6,8H,3-4,7H2,(H3,14,16,17,20). The maximum atomic E-state index is 11.5. The molecule has 9 heteroatoms. The fraction of sp³-hybridized carbons (Fsp3) is 0.308. The number of anilines is 2. The number of hydrogen-bond donors (Lipinski definition) is 2. The summed E-state index contributed by atoms with van der Waals surface area (Å²) in [5.74, 6) is 0.863. The number of nitrogens with two attached hydrogens (primary N) is 1. The third-order valence-corrected chi connectivity index (χ3v) is 3.65. The van der Waals surface area contributed by atoms with Crippen molar-refractivity contribution in [2.24, 2.45) is 0 Å². The van der Waals surface area contributed by atoms with Crippen molar-refractivity contribution in [1.29, 1.82) is 0 Å². The number of nitrogens with zero attached hydrogens (tertiary/aromatic N) is 4. The quantitative estimate of drug-likeness (QED) is 0.628. The molecule has 2 aromatic heterocycles. The van der Waals surface area contributed by atoms with Gasteiger partial charge in [-0.15, -0.1) is 0 Å². The Balaban J connectivity index is 1.76. The molecule has 9 nitrogen and oxygen atoms in total. The Kier molecular flexibility index (Phi) is 3.45. The van der Waals surface area contributed by atoms with Crippen LogP contribution in [0.4, 0.5) is 17.5 Å². The zero-order valence-electron chi connectivity index (χ0n) is 11.6. The molecule has 1 atom stereocenters. The van der Waals surface area contributed by atoms with Gasteiger partial charge in [-0.3, -0.25) is 19.9 Å². The van der Waals surface area contributed by atoms with Gasteiger partial charge in [0.2, 0.25) is 5.95 Å². The van der Waals surface area contributed by atoms with Crippen LogP contribution in [0.3, 0.4) is 0 Å². The number of pyridine rings is 1. The number of H-pyrrole nitrogens is 1. The summed E-state index contributed by atoms with van der Waals surface area (Å²) >= 11 is 0. The Hall–Kier alpha value is -2.97. The van der Waals surface area contributed by atoms with Crippen LogP contribution in [-0.2, 0) is 0 Å². The average molecular weight is 302 g/mol. The average Bonchev–Trinajstić information content (AvgIpc) is 2.96. The van der Waals surface area contributed by atoms with E-state index in [4.69, 9.17) is 5.73 Å². The van der Waals surface area contributed by atoms with Crippen LogP contribution >= 0.6 is 0 Å². The maximum absolute atomic E-state index is 11.5. The van der Waals surface area contributed by atoms with Gasteiger partial charge < -0.3 is 10.6 Å². The molecule has 0 radical (unpaired) electrons. The lowest BCUT2D eigenvalue weighted by Crippen LogP contribution is -2.21. The topological polar surface area (TPSA) is 131 Å². The molecule has 0 saturated carbocycles. The zero-order chi connectivity index (χ0) is 15.7. The molecule has 1 aliphatic rings. The SMILES string of the molecule is Nc1nc(C2CCN(c3ccc([N+](=O)[O-])cn3)C2)cc(=O)[nH]1. The molecule has 1 saturated heterocycles. The van der Waals surface area contributed by atoms with E-state index in [2.05, 4.69) is 15.0 Å². The molecule has 3 rings (SSSR count). The molecule has 1 aliphatic heterocycles. The Bertz CT molecular complexity index is 757. The van der Waals surface area contributed by atoms with Crippen LogP contribution in [0.15, 0.2) is 29.2 Å². The number of nitrogen functional groups attached to an aromatic ring is 1. The van der Waals surface area contributed by atoms with Crippen LogP contribution in [0.2, 0.25) is 0 Å². The summed E-state index contributed by atoms with van der Waals surface area (Å²) in [6, 6.07) is 4.51. The monoisotopic (exact) mass is 302 g/mol. The van der Waals surface area contributed by atoms with Crippen molar-refractivity contribution in [2.45, 2.75) is 12.3 Å². The van der Waals surface area contributed by atoms with Crippen molar-refractivity contribution in [3.63, 3.8) is 0 Å². The highest BCUT2D eigenvalue weighted by Crippen LogP contribution is 2.29. The molecule has 0 aliphatic carbocycles. The summed E-state index contributed by atoms with van der Waals surface area (Å²) in [7, 11) is 0. The Morgan fingerprint density at radius 1 is 1.45 bits per heavy atom. The van der Waals surface area contributed by atoms with Crippen molar-refractivity contribution >= 4 is 17.5 Å². The molecule has 0 aromatic carbocycles. The fourth-order valence-corrected chi connectivity index (χ4v) is 2.59. The first-order valence-corrected chi connectivity index (χ1v) is 6.75.